The highest BCUT2D eigenvalue weighted by molar-refractivity contribution is 7.91. The lowest BCUT2D eigenvalue weighted by Gasteiger charge is -2.05. The molecule has 0 saturated carbocycles. The molecule has 0 aliphatic heterocycles. The number of rotatable bonds is 6. The summed E-state index contributed by atoms with van der Waals surface area (Å²) in [4.78, 5) is 19.4. The quantitative estimate of drug-likeness (QED) is 0.577. The minimum absolute atomic E-state index is 0.0411. The largest absolute Gasteiger partial charge is 0.259 e. The van der Waals surface area contributed by atoms with Gasteiger partial charge in [-0.1, -0.05) is 24.3 Å². The van der Waals surface area contributed by atoms with Crippen molar-refractivity contribution in [2.75, 3.05) is 0 Å². The van der Waals surface area contributed by atoms with Crippen molar-refractivity contribution in [3.8, 4) is 0 Å². The van der Waals surface area contributed by atoms with E-state index in [0.29, 0.717) is 11.1 Å². The molecule has 0 unspecified atom stereocenters. The molecule has 0 heterocycles. The zero-order valence-electron chi connectivity index (χ0n) is 12.7. The second-order valence-electron chi connectivity index (χ2n) is 4.84. The molecule has 2 rings (SSSR count). The average molecular weight is 360 g/mol. The van der Waals surface area contributed by atoms with Crippen LogP contribution in [0.4, 0.5) is 0 Å². The van der Waals surface area contributed by atoms with Crippen molar-refractivity contribution >= 4 is 22.0 Å². The summed E-state index contributed by atoms with van der Waals surface area (Å²) in [5, 5.41) is 20.6. The van der Waals surface area contributed by atoms with Gasteiger partial charge in [-0.3, -0.25) is 20.2 Å². The summed E-state index contributed by atoms with van der Waals surface area (Å²) in [6, 6.07) is 11.3. The molecule has 0 bridgehead atoms. The maximum absolute atomic E-state index is 12.5. The Bertz CT molecular complexity index is 872. The number of nitrogens with zero attached hydrogens (tertiary/aromatic N) is 2. The first-order valence-electron chi connectivity index (χ1n) is 6.88. The average Bonchev–Trinajstić information content (AvgIpc) is 2.59. The van der Waals surface area contributed by atoms with Crippen LogP contribution in [0.2, 0.25) is 0 Å². The molecule has 128 valence electrons. The Morgan fingerprint density at radius 1 is 0.680 bits per heavy atom. The summed E-state index contributed by atoms with van der Waals surface area (Å²) in [5.41, 5.74) is 0.992. The molecule has 9 heteroatoms. The molecule has 0 spiro atoms. The maximum Gasteiger partial charge on any atom is 0.235 e. The first kappa shape index (κ1) is 18.0. The second kappa shape index (κ2) is 7.49. The molecule has 0 fully saturated rings. The van der Waals surface area contributed by atoms with E-state index in [-0.39, 0.29) is 9.79 Å². The van der Waals surface area contributed by atoms with Crippen molar-refractivity contribution in [3.63, 3.8) is 0 Å². The molecule has 25 heavy (non-hydrogen) atoms. The fourth-order valence-electron chi connectivity index (χ4n) is 1.95. The summed E-state index contributed by atoms with van der Waals surface area (Å²) < 4.78 is 25.1. The Hall–Kier alpha value is -3.33. The van der Waals surface area contributed by atoms with E-state index >= 15 is 0 Å². The van der Waals surface area contributed by atoms with Gasteiger partial charge in [0.2, 0.25) is 22.2 Å². The molecule has 0 radical (unpaired) electrons. The molecule has 0 aliphatic rings. The summed E-state index contributed by atoms with van der Waals surface area (Å²) >= 11 is 0. The number of nitro groups is 2. The minimum Gasteiger partial charge on any atom is -0.259 e. The second-order valence-corrected chi connectivity index (χ2v) is 6.79. The van der Waals surface area contributed by atoms with Gasteiger partial charge in [-0.05, 0) is 35.4 Å². The Kier molecular flexibility index (Phi) is 5.40. The number of hydrogen-bond donors (Lipinski definition) is 0. The van der Waals surface area contributed by atoms with Crippen LogP contribution in [0.15, 0.2) is 70.7 Å². The van der Waals surface area contributed by atoms with Gasteiger partial charge in [0, 0.05) is 12.2 Å². The normalized spacial score (nSPS) is 11.8. The van der Waals surface area contributed by atoms with Gasteiger partial charge < -0.3 is 0 Å². The molecule has 0 amide bonds. The predicted molar refractivity (Wildman–Crippen MR) is 90.4 cm³/mol. The first-order chi connectivity index (χ1) is 11.8. The van der Waals surface area contributed by atoms with Gasteiger partial charge in [-0.15, -0.1) is 0 Å². The molecule has 2 aromatic carbocycles. The number of sulfone groups is 1. The third kappa shape index (κ3) is 4.82. The fourth-order valence-corrected chi connectivity index (χ4v) is 3.21. The Morgan fingerprint density at radius 2 is 1.00 bits per heavy atom. The first-order valence-corrected chi connectivity index (χ1v) is 8.36. The van der Waals surface area contributed by atoms with Gasteiger partial charge in [0.25, 0.3) is 0 Å². The zero-order chi connectivity index (χ0) is 18.4. The standard InChI is InChI=1S/C16H12N2O6S/c19-17(20)11-9-13-1-5-15(6-2-13)25(23,24)16-7-3-14(4-8-16)10-12-18(21)22/h1-12H/b11-9+,12-10+. The Morgan fingerprint density at radius 3 is 1.28 bits per heavy atom. The third-order valence-corrected chi connectivity index (χ3v) is 4.94. The molecule has 0 aliphatic carbocycles. The van der Waals surface area contributed by atoms with E-state index in [1.165, 1.54) is 60.7 Å². The smallest absolute Gasteiger partial charge is 0.235 e. The molecule has 0 N–H and O–H groups in total. The van der Waals surface area contributed by atoms with Crippen molar-refractivity contribution in [3.05, 3.63) is 92.3 Å². The summed E-state index contributed by atoms with van der Waals surface area (Å²) in [6.07, 6.45) is 4.04. The van der Waals surface area contributed by atoms with Crippen LogP contribution < -0.4 is 0 Å². The van der Waals surface area contributed by atoms with Crippen LogP contribution >= 0.6 is 0 Å². The van der Waals surface area contributed by atoms with Crippen molar-refractivity contribution in [1.29, 1.82) is 0 Å². The van der Waals surface area contributed by atoms with E-state index in [0.717, 1.165) is 12.4 Å². The van der Waals surface area contributed by atoms with E-state index in [1.54, 1.807) is 0 Å². The third-order valence-electron chi connectivity index (χ3n) is 3.16. The summed E-state index contributed by atoms with van der Waals surface area (Å²) in [6.45, 7) is 0. The molecule has 2 aromatic rings. The fraction of sp³-hybridized carbons (Fsp3) is 0. The van der Waals surface area contributed by atoms with Gasteiger partial charge in [0.1, 0.15) is 0 Å². The highest BCUT2D eigenvalue weighted by atomic mass is 32.2. The van der Waals surface area contributed by atoms with Crippen molar-refractivity contribution in [2.24, 2.45) is 0 Å². The molecule has 0 atom stereocenters. The molecule has 0 saturated heterocycles. The van der Waals surface area contributed by atoms with Crippen LogP contribution in [0.1, 0.15) is 11.1 Å². The molecule has 8 nitrogen and oxygen atoms in total. The van der Waals surface area contributed by atoms with Crippen LogP contribution in [0.3, 0.4) is 0 Å². The molecular weight excluding hydrogens is 348 g/mol. The summed E-state index contributed by atoms with van der Waals surface area (Å²) in [5.74, 6) is 0. The Balaban J connectivity index is 2.26. The Labute approximate surface area is 143 Å². The van der Waals surface area contributed by atoms with E-state index in [2.05, 4.69) is 0 Å². The number of hydrogen-bond acceptors (Lipinski definition) is 6. The van der Waals surface area contributed by atoms with E-state index < -0.39 is 19.7 Å². The van der Waals surface area contributed by atoms with Crippen LogP contribution in [0, 0.1) is 20.2 Å². The topological polar surface area (TPSA) is 120 Å². The van der Waals surface area contributed by atoms with Crippen LogP contribution in [0.25, 0.3) is 12.2 Å². The molecular formula is C16H12N2O6S. The van der Waals surface area contributed by atoms with Gasteiger partial charge in [-0.25, -0.2) is 8.42 Å². The van der Waals surface area contributed by atoms with Gasteiger partial charge in [0.05, 0.1) is 19.6 Å². The number of benzene rings is 2. The van der Waals surface area contributed by atoms with Crippen molar-refractivity contribution in [2.45, 2.75) is 9.79 Å². The lowest BCUT2D eigenvalue weighted by Crippen LogP contribution is -2.01. The minimum atomic E-state index is -3.75. The van der Waals surface area contributed by atoms with Crippen LogP contribution in [-0.2, 0) is 9.84 Å². The zero-order valence-corrected chi connectivity index (χ0v) is 13.5. The van der Waals surface area contributed by atoms with E-state index in [4.69, 9.17) is 0 Å². The SMILES string of the molecule is O=[N+]([O-])/C=C/c1ccc(S(=O)(=O)c2ccc(/C=C/[N+](=O)[O-])cc2)cc1. The van der Waals surface area contributed by atoms with E-state index in [9.17, 15) is 28.6 Å². The van der Waals surface area contributed by atoms with E-state index in [1.807, 2.05) is 0 Å². The highest BCUT2D eigenvalue weighted by Gasteiger charge is 2.17. The van der Waals surface area contributed by atoms with Crippen LogP contribution in [-0.4, -0.2) is 18.3 Å². The lowest BCUT2D eigenvalue weighted by atomic mass is 10.2. The van der Waals surface area contributed by atoms with Crippen LogP contribution in [0.5, 0.6) is 0 Å². The van der Waals surface area contributed by atoms with Gasteiger partial charge in [-0.2, -0.15) is 0 Å². The highest BCUT2D eigenvalue weighted by Crippen LogP contribution is 2.22. The summed E-state index contributed by atoms with van der Waals surface area (Å²) in [7, 11) is -3.75. The van der Waals surface area contributed by atoms with Crippen molar-refractivity contribution in [1.82, 2.24) is 0 Å². The predicted octanol–water partition coefficient (Wildman–Crippen LogP) is 3.01. The maximum atomic E-state index is 12.5. The lowest BCUT2D eigenvalue weighted by molar-refractivity contribution is -0.401. The molecule has 0 aromatic heterocycles. The monoisotopic (exact) mass is 360 g/mol. The van der Waals surface area contributed by atoms with Crippen molar-refractivity contribution < 1.29 is 18.3 Å². The van der Waals surface area contributed by atoms with Gasteiger partial charge >= 0.3 is 0 Å². The van der Waals surface area contributed by atoms with Gasteiger partial charge in [0.15, 0.2) is 0 Å².